The molecule has 0 amide bonds. The van der Waals surface area contributed by atoms with E-state index in [9.17, 15) is 0 Å². The molecule has 2 heterocycles. The van der Waals surface area contributed by atoms with Gasteiger partial charge in [-0.05, 0) is 14.0 Å². The van der Waals surface area contributed by atoms with Gasteiger partial charge in [0.25, 0.3) is 0 Å². The molecule has 2 rings (SSSR count). The second-order valence-electron chi connectivity index (χ2n) is 4.42. The number of piperazine rings is 1. The van der Waals surface area contributed by atoms with Gasteiger partial charge in [0.15, 0.2) is 0 Å². The first-order valence-corrected chi connectivity index (χ1v) is 5.91. The Bertz CT molecular complexity index is 338. The Kier molecular flexibility index (Phi) is 3.46. The van der Waals surface area contributed by atoms with E-state index in [4.69, 9.17) is 5.73 Å². The molecule has 2 N–H and O–H groups in total. The van der Waals surface area contributed by atoms with Crippen molar-refractivity contribution in [2.24, 2.45) is 0 Å². The van der Waals surface area contributed by atoms with Gasteiger partial charge in [0.2, 0.25) is 0 Å². The van der Waals surface area contributed by atoms with Crippen molar-refractivity contribution in [1.29, 1.82) is 0 Å². The average Bonchev–Trinajstić information content (AvgIpc) is 2.63. The van der Waals surface area contributed by atoms with Crippen LogP contribution in [0.5, 0.6) is 0 Å². The quantitative estimate of drug-likeness (QED) is 0.797. The third kappa shape index (κ3) is 2.36. The van der Waals surface area contributed by atoms with Crippen LogP contribution in [0.4, 0.5) is 5.82 Å². The number of hydrogen-bond donors (Lipinski definition) is 1. The molecule has 1 saturated heterocycles. The van der Waals surface area contributed by atoms with Crippen LogP contribution in [-0.2, 0) is 13.1 Å². The van der Waals surface area contributed by atoms with E-state index in [0.717, 1.165) is 50.9 Å². The summed E-state index contributed by atoms with van der Waals surface area (Å²) in [5.41, 5.74) is 5.85. The van der Waals surface area contributed by atoms with Gasteiger partial charge in [-0.2, -0.15) is 0 Å². The number of hydrogen-bond acceptors (Lipinski definition) is 4. The van der Waals surface area contributed by atoms with Crippen molar-refractivity contribution >= 4 is 5.82 Å². The largest absolute Gasteiger partial charge is 0.384 e. The minimum atomic E-state index is 0.770. The van der Waals surface area contributed by atoms with Crippen molar-refractivity contribution in [3.8, 4) is 0 Å². The Morgan fingerprint density at radius 3 is 2.62 bits per heavy atom. The van der Waals surface area contributed by atoms with Gasteiger partial charge in [-0.25, -0.2) is 4.98 Å². The zero-order valence-electron chi connectivity index (χ0n) is 10.2. The van der Waals surface area contributed by atoms with Crippen molar-refractivity contribution in [2.75, 3.05) is 39.0 Å². The highest BCUT2D eigenvalue weighted by Crippen LogP contribution is 2.11. The van der Waals surface area contributed by atoms with E-state index in [-0.39, 0.29) is 0 Å². The van der Waals surface area contributed by atoms with Crippen LogP contribution in [0.25, 0.3) is 0 Å². The van der Waals surface area contributed by atoms with Gasteiger partial charge >= 0.3 is 0 Å². The summed E-state index contributed by atoms with van der Waals surface area (Å²) in [7, 11) is 2.17. The predicted molar refractivity (Wildman–Crippen MR) is 65.1 cm³/mol. The molecule has 5 nitrogen and oxygen atoms in total. The van der Waals surface area contributed by atoms with Crippen LogP contribution in [0.15, 0.2) is 6.20 Å². The second kappa shape index (κ2) is 4.84. The molecular weight excluding hydrogens is 202 g/mol. The average molecular weight is 223 g/mol. The monoisotopic (exact) mass is 223 g/mol. The third-order valence-corrected chi connectivity index (χ3v) is 3.25. The Morgan fingerprint density at radius 2 is 2.00 bits per heavy atom. The van der Waals surface area contributed by atoms with E-state index in [1.165, 1.54) is 0 Å². The molecule has 16 heavy (non-hydrogen) atoms. The maximum atomic E-state index is 5.85. The number of nitrogens with two attached hydrogens (primary N) is 1. The molecule has 1 aliphatic heterocycles. The Morgan fingerprint density at radius 1 is 1.31 bits per heavy atom. The third-order valence-electron chi connectivity index (χ3n) is 3.25. The lowest BCUT2D eigenvalue weighted by atomic mass is 10.3. The summed E-state index contributed by atoms with van der Waals surface area (Å²) in [5.74, 6) is 1.86. The number of likely N-dealkylation sites (N-methyl/N-ethyl adjacent to an activating group) is 1. The fraction of sp³-hybridized carbons (Fsp3) is 0.727. The van der Waals surface area contributed by atoms with Crippen molar-refractivity contribution in [1.82, 2.24) is 19.4 Å². The highest BCUT2D eigenvalue weighted by molar-refractivity contribution is 5.27. The molecule has 0 unspecified atom stereocenters. The Labute approximate surface area is 96.8 Å². The molecule has 0 spiro atoms. The number of rotatable bonds is 3. The van der Waals surface area contributed by atoms with E-state index < -0.39 is 0 Å². The normalized spacial score (nSPS) is 19.1. The fourth-order valence-electron chi connectivity index (χ4n) is 2.13. The van der Waals surface area contributed by atoms with Crippen LogP contribution in [0.3, 0.4) is 0 Å². The number of aromatic nitrogens is 2. The smallest absolute Gasteiger partial charge is 0.124 e. The van der Waals surface area contributed by atoms with Gasteiger partial charge < -0.3 is 15.2 Å². The van der Waals surface area contributed by atoms with Gasteiger partial charge in [-0.1, -0.05) is 0 Å². The number of nitrogen functional groups attached to an aromatic ring is 1. The molecule has 0 radical (unpaired) electrons. The zero-order chi connectivity index (χ0) is 11.5. The second-order valence-corrected chi connectivity index (χ2v) is 4.42. The van der Waals surface area contributed by atoms with E-state index in [0.29, 0.717) is 0 Å². The fourth-order valence-corrected chi connectivity index (χ4v) is 2.13. The SMILES string of the molecule is CCn1c(N)cnc1CN1CCN(C)CC1. The molecule has 1 aromatic rings. The maximum Gasteiger partial charge on any atom is 0.124 e. The van der Waals surface area contributed by atoms with E-state index in [1.807, 2.05) is 0 Å². The summed E-state index contributed by atoms with van der Waals surface area (Å²) in [6.07, 6.45) is 1.76. The standard InChI is InChI=1S/C11H21N5/c1-3-16-10(12)8-13-11(16)9-15-6-4-14(2)5-7-15/h8H,3-7,9,12H2,1-2H3. The first-order chi connectivity index (χ1) is 7.70. The van der Waals surface area contributed by atoms with Crippen LogP contribution >= 0.6 is 0 Å². The molecule has 1 fully saturated rings. The summed E-state index contributed by atoms with van der Waals surface area (Å²) in [5, 5.41) is 0. The van der Waals surface area contributed by atoms with E-state index in [1.54, 1.807) is 6.20 Å². The van der Waals surface area contributed by atoms with Crippen LogP contribution in [-0.4, -0.2) is 52.6 Å². The lowest BCUT2D eigenvalue weighted by Crippen LogP contribution is -2.44. The molecule has 5 heteroatoms. The molecule has 0 aromatic carbocycles. The molecule has 0 saturated carbocycles. The van der Waals surface area contributed by atoms with Gasteiger partial charge in [0.05, 0.1) is 12.7 Å². The maximum absolute atomic E-state index is 5.85. The summed E-state index contributed by atoms with van der Waals surface area (Å²) in [6.45, 7) is 8.43. The Balaban J connectivity index is 1.98. The van der Waals surface area contributed by atoms with Gasteiger partial charge in [0.1, 0.15) is 11.6 Å². The lowest BCUT2D eigenvalue weighted by molar-refractivity contribution is 0.144. The van der Waals surface area contributed by atoms with Gasteiger partial charge in [0, 0.05) is 32.7 Å². The number of anilines is 1. The minimum Gasteiger partial charge on any atom is -0.384 e. The van der Waals surface area contributed by atoms with Crippen LogP contribution in [0, 0.1) is 0 Å². The summed E-state index contributed by atoms with van der Waals surface area (Å²) in [6, 6.07) is 0. The van der Waals surface area contributed by atoms with Crippen molar-refractivity contribution in [3.63, 3.8) is 0 Å². The van der Waals surface area contributed by atoms with E-state index >= 15 is 0 Å². The van der Waals surface area contributed by atoms with Crippen LogP contribution in [0.1, 0.15) is 12.7 Å². The summed E-state index contributed by atoms with van der Waals surface area (Å²) < 4.78 is 2.08. The lowest BCUT2D eigenvalue weighted by Gasteiger charge is -2.32. The van der Waals surface area contributed by atoms with Crippen LogP contribution < -0.4 is 5.73 Å². The highest BCUT2D eigenvalue weighted by atomic mass is 15.3. The highest BCUT2D eigenvalue weighted by Gasteiger charge is 2.16. The topological polar surface area (TPSA) is 50.3 Å². The van der Waals surface area contributed by atoms with Crippen molar-refractivity contribution in [2.45, 2.75) is 20.0 Å². The van der Waals surface area contributed by atoms with Gasteiger partial charge in [-0.15, -0.1) is 0 Å². The number of nitrogens with zero attached hydrogens (tertiary/aromatic N) is 4. The minimum absolute atomic E-state index is 0.770. The van der Waals surface area contributed by atoms with Crippen LogP contribution in [0.2, 0.25) is 0 Å². The Hall–Kier alpha value is -1.07. The molecular formula is C11H21N5. The zero-order valence-corrected chi connectivity index (χ0v) is 10.2. The molecule has 1 aliphatic rings. The molecule has 0 aliphatic carbocycles. The molecule has 1 aromatic heterocycles. The van der Waals surface area contributed by atoms with E-state index in [2.05, 4.69) is 33.3 Å². The van der Waals surface area contributed by atoms with Crippen molar-refractivity contribution in [3.05, 3.63) is 12.0 Å². The first-order valence-electron chi connectivity index (χ1n) is 5.91. The molecule has 0 atom stereocenters. The summed E-state index contributed by atoms with van der Waals surface area (Å²) in [4.78, 5) is 9.18. The first kappa shape index (κ1) is 11.4. The van der Waals surface area contributed by atoms with Gasteiger partial charge in [-0.3, -0.25) is 4.90 Å². The summed E-state index contributed by atoms with van der Waals surface area (Å²) >= 11 is 0. The molecule has 90 valence electrons. The number of imidazole rings is 1. The van der Waals surface area contributed by atoms with Crippen molar-refractivity contribution < 1.29 is 0 Å². The molecule has 0 bridgehead atoms. The predicted octanol–water partition coefficient (Wildman–Crippen LogP) is 0.233.